The highest BCUT2D eigenvalue weighted by molar-refractivity contribution is 7.61. The van der Waals surface area contributed by atoms with Gasteiger partial charge in [0.2, 0.25) is 0 Å². The van der Waals surface area contributed by atoms with Gasteiger partial charge in [0.05, 0.1) is 0 Å². The predicted molar refractivity (Wildman–Crippen MR) is 143 cm³/mol. The quantitative estimate of drug-likeness (QED) is 0.246. The molecule has 0 saturated heterocycles. The lowest BCUT2D eigenvalue weighted by molar-refractivity contribution is 1.01. The van der Waals surface area contributed by atoms with Gasteiger partial charge in [-0.25, -0.2) is 0 Å². The van der Waals surface area contributed by atoms with Crippen molar-refractivity contribution in [3.05, 3.63) is 48.5 Å². The lowest BCUT2D eigenvalue weighted by Crippen LogP contribution is -2.12. The number of rotatable bonds is 8. The number of nitrogen functional groups attached to an aromatic ring is 2. The van der Waals surface area contributed by atoms with E-state index < -0.39 is 0 Å². The van der Waals surface area contributed by atoms with Crippen molar-refractivity contribution in [3.8, 4) is 0 Å². The highest BCUT2D eigenvalue weighted by Crippen LogP contribution is 2.48. The van der Waals surface area contributed by atoms with E-state index in [1.807, 2.05) is 6.07 Å². The summed E-state index contributed by atoms with van der Waals surface area (Å²) in [6, 6.07) is 16.0. The van der Waals surface area contributed by atoms with Gasteiger partial charge in [-0.2, -0.15) is 0 Å². The van der Waals surface area contributed by atoms with Crippen LogP contribution in [0, 0.1) is 0 Å². The lowest BCUT2D eigenvalue weighted by atomic mass is 10.3. The van der Waals surface area contributed by atoms with Crippen molar-refractivity contribution >= 4 is 38.9 Å². The van der Waals surface area contributed by atoms with Crippen LogP contribution in [0.25, 0.3) is 0 Å². The van der Waals surface area contributed by atoms with E-state index in [4.69, 9.17) is 11.5 Å². The first-order valence-electron chi connectivity index (χ1n) is 10.8. The van der Waals surface area contributed by atoms with Crippen molar-refractivity contribution in [3.63, 3.8) is 0 Å². The molecule has 0 unspecified atom stereocenters. The van der Waals surface area contributed by atoms with E-state index in [-0.39, 0.29) is 16.1 Å². The zero-order chi connectivity index (χ0) is 22.8. The SMILES string of the molecule is CC(C)P(Nc1cccc(NP(C(C)C)C(C)C)c1)C(C)C.Nc1cccc(N)c1. The monoisotopic (exact) mass is 448 g/mol. The van der Waals surface area contributed by atoms with Gasteiger partial charge in [-0.1, -0.05) is 67.5 Å². The third-order valence-corrected chi connectivity index (χ3v) is 10.00. The van der Waals surface area contributed by atoms with Gasteiger partial charge in [-0.15, -0.1) is 0 Å². The van der Waals surface area contributed by atoms with Crippen molar-refractivity contribution in [2.24, 2.45) is 0 Å². The average molecular weight is 449 g/mol. The Morgan fingerprint density at radius 1 is 0.567 bits per heavy atom. The summed E-state index contributed by atoms with van der Waals surface area (Å²) in [7, 11) is -0.370. The van der Waals surface area contributed by atoms with Crippen LogP contribution < -0.4 is 21.6 Å². The number of hydrogen-bond donors (Lipinski definition) is 4. The molecule has 168 valence electrons. The van der Waals surface area contributed by atoms with Gasteiger partial charge in [-0.3, -0.25) is 0 Å². The fraction of sp³-hybridized carbons (Fsp3) is 0.500. The van der Waals surface area contributed by atoms with Gasteiger partial charge in [0, 0.05) is 22.7 Å². The normalized spacial score (nSPS) is 11.4. The molecule has 0 saturated carbocycles. The summed E-state index contributed by atoms with van der Waals surface area (Å²) in [5.41, 5.74) is 17.4. The molecule has 30 heavy (non-hydrogen) atoms. The first-order chi connectivity index (χ1) is 14.0. The van der Waals surface area contributed by atoms with Crippen molar-refractivity contribution in [2.45, 2.75) is 78.0 Å². The van der Waals surface area contributed by atoms with Crippen molar-refractivity contribution in [1.29, 1.82) is 0 Å². The van der Waals surface area contributed by atoms with Crippen molar-refractivity contribution in [1.82, 2.24) is 0 Å². The fourth-order valence-corrected chi connectivity index (χ4v) is 7.52. The third-order valence-electron chi connectivity index (χ3n) is 4.52. The van der Waals surface area contributed by atoms with Crippen LogP contribution in [0.3, 0.4) is 0 Å². The molecule has 0 aliphatic rings. The molecule has 0 aromatic heterocycles. The van der Waals surface area contributed by atoms with E-state index in [0.29, 0.717) is 34.0 Å². The minimum atomic E-state index is -0.185. The summed E-state index contributed by atoms with van der Waals surface area (Å²) < 4.78 is 0. The van der Waals surface area contributed by atoms with Crippen molar-refractivity contribution in [2.75, 3.05) is 21.6 Å². The van der Waals surface area contributed by atoms with E-state index in [1.54, 1.807) is 18.2 Å². The first-order valence-corrected chi connectivity index (χ1v) is 13.8. The van der Waals surface area contributed by atoms with Crippen molar-refractivity contribution < 1.29 is 0 Å². The molecule has 2 rings (SSSR count). The summed E-state index contributed by atoms with van der Waals surface area (Å²) in [6.45, 7) is 18.5. The molecule has 0 radical (unpaired) electrons. The van der Waals surface area contributed by atoms with Crippen LogP contribution in [0.4, 0.5) is 22.7 Å². The molecule has 6 N–H and O–H groups in total. The Morgan fingerprint density at radius 2 is 0.900 bits per heavy atom. The Balaban J connectivity index is 0.000000467. The third kappa shape index (κ3) is 9.54. The zero-order valence-electron chi connectivity index (χ0n) is 20.0. The topological polar surface area (TPSA) is 76.1 Å². The van der Waals surface area contributed by atoms with E-state index in [1.165, 1.54) is 11.4 Å². The maximum Gasteiger partial charge on any atom is 0.0393 e. The molecule has 4 nitrogen and oxygen atoms in total. The minimum absolute atomic E-state index is 0.185. The van der Waals surface area contributed by atoms with Crippen LogP contribution in [0.15, 0.2) is 48.5 Å². The second kappa shape index (κ2) is 13.0. The van der Waals surface area contributed by atoms with Crippen LogP contribution in [0.5, 0.6) is 0 Å². The molecule has 2 aromatic carbocycles. The number of nitrogens with one attached hydrogen (secondary N) is 2. The molecule has 0 aliphatic carbocycles. The van der Waals surface area contributed by atoms with Gasteiger partial charge in [0.15, 0.2) is 0 Å². The Labute approximate surface area is 187 Å². The Bertz CT molecular complexity index is 677. The highest BCUT2D eigenvalue weighted by atomic mass is 31.1. The summed E-state index contributed by atoms with van der Waals surface area (Å²) in [5, 5.41) is 7.56. The summed E-state index contributed by atoms with van der Waals surface area (Å²) >= 11 is 0. The van der Waals surface area contributed by atoms with Crippen LogP contribution >= 0.6 is 16.1 Å². The number of hydrogen-bond acceptors (Lipinski definition) is 4. The Hall–Kier alpha value is -1.50. The first kappa shape index (κ1) is 26.5. The van der Waals surface area contributed by atoms with Gasteiger partial charge in [0.1, 0.15) is 0 Å². The second-order valence-electron chi connectivity index (χ2n) is 8.66. The number of benzene rings is 2. The minimum Gasteiger partial charge on any atom is -0.399 e. The summed E-state index contributed by atoms with van der Waals surface area (Å²) in [6.07, 6.45) is 0. The van der Waals surface area contributed by atoms with Gasteiger partial charge in [0.25, 0.3) is 0 Å². The molecular weight excluding hydrogens is 406 g/mol. The van der Waals surface area contributed by atoms with Crippen LogP contribution in [-0.2, 0) is 0 Å². The van der Waals surface area contributed by atoms with E-state index >= 15 is 0 Å². The smallest absolute Gasteiger partial charge is 0.0393 e. The molecule has 0 fully saturated rings. The van der Waals surface area contributed by atoms with Gasteiger partial charge in [-0.05, 0) is 75.2 Å². The molecular formula is C24H42N4P2. The summed E-state index contributed by atoms with van der Waals surface area (Å²) in [5.74, 6) is 0. The molecule has 0 bridgehead atoms. The fourth-order valence-electron chi connectivity index (χ4n) is 3.22. The average Bonchev–Trinajstić information content (AvgIpc) is 2.64. The highest BCUT2D eigenvalue weighted by Gasteiger charge is 2.19. The maximum absolute atomic E-state index is 5.38. The molecule has 0 heterocycles. The zero-order valence-corrected chi connectivity index (χ0v) is 21.8. The summed E-state index contributed by atoms with van der Waals surface area (Å²) in [4.78, 5) is 0. The second-order valence-corrected chi connectivity index (χ2v) is 14.9. The largest absolute Gasteiger partial charge is 0.399 e. The standard InChI is InChI=1S/C18H34N2P2.C6H8N2/c1-13(2)21(14(3)4)19-17-10-9-11-18(12-17)20-22(15(5)6)16(7)8;7-5-2-1-3-6(8)4-5/h9-16,19-20H,1-8H3;1-4H,7-8H2. The molecule has 2 aromatic rings. The van der Waals surface area contributed by atoms with Gasteiger partial charge < -0.3 is 21.6 Å². The van der Waals surface area contributed by atoms with Gasteiger partial charge >= 0.3 is 0 Å². The van der Waals surface area contributed by atoms with Crippen LogP contribution in [0.2, 0.25) is 0 Å². The van der Waals surface area contributed by atoms with E-state index in [9.17, 15) is 0 Å². The molecule has 0 amide bonds. The van der Waals surface area contributed by atoms with E-state index in [2.05, 4.69) is 89.8 Å². The molecule has 0 atom stereocenters. The van der Waals surface area contributed by atoms with Crippen LogP contribution in [-0.4, -0.2) is 22.6 Å². The predicted octanol–water partition coefficient (Wildman–Crippen LogP) is 7.79. The maximum atomic E-state index is 5.38. The molecule has 0 aliphatic heterocycles. The number of anilines is 4. The lowest BCUT2D eigenvalue weighted by Gasteiger charge is -2.29. The Morgan fingerprint density at radius 3 is 1.17 bits per heavy atom. The molecule has 6 heteroatoms. The van der Waals surface area contributed by atoms with E-state index in [0.717, 1.165) is 0 Å². The Kier molecular flexibility index (Phi) is 11.5. The number of nitrogens with two attached hydrogens (primary N) is 2. The van der Waals surface area contributed by atoms with Crippen LogP contribution in [0.1, 0.15) is 55.4 Å². The molecule has 0 spiro atoms.